The topological polar surface area (TPSA) is 58.2 Å². The van der Waals surface area contributed by atoms with E-state index in [0.29, 0.717) is 22.7 Å². The maximum Gasteiger partial charge on any atom is 0.255 e. The van der Waals surface area contributed by atoms with E-state index in [2.05, 4.69) is 24.5 Å². The standard InChI is InChI=1S/C23H22N2O2/c1-16(2)19-9-6-10-21(15-19)25-23(27)18-11-13-20(14-12-18)24-22(26)17-7-4-3-5-8-17/h3-16H,1-2H3,(H,24,26)(H,25,27). The molecule has 0 aliphatic carbocycles. The zero-order chi connectivity index (χ0) is 19.2. The second kappa shape index (κ2) is 8.32. The Morgan fingerprint density at radius 3 is 1.89 bits per heavy atom. The second-order valence-electron chi connectivity index (χ2n) is 6.63. The lowest BCUT2D eigenvalue weighted by atomic mass is 10.0. The first kappa shape index (κ1) is 18.4. The molecule has 0 aliphatic rings. The molecule has 0 fully saturated rings. The molecule has 0 saturated heterocycles. The van der Waals surface area contributed by atoms with Gasteiger partial charge in [0.25, 0.3) is 11.8 Å². The van der Waals surface area contributed by atoms with Crippen molar-refractivity contribution in [2.45, 2.75) is 19.8 Å². The highest BCUT2D eigenvalue weighted by atomic mass is 16.2. The van der Waals surface area contributed by atoms with Crippen molar-refractivity contribution in [2.24, 2.45) is 0 Å². The minimum atomic E-state index is -0.183. The van der Waals surface area contributed by atoms with Gasteiger partial charge >= 0.3 is 0 Å². The Balaban J connectivity index is 1.65. The molecule has 2 N–H and O–H groups in total. The van der Waals surface area contributed by atoms with E-state index in [0.717, 1.165) is 5.69 Å². The summed E-state index contributed by atoms with van der Waals surface area (Å²) < 4.78 is 0. The van der Waals surface area contributed by atoms with Crippen molar-refractivity contribution < 1.29 is 9.59 Å². The Bertz CT molecular complexity index is 932. The predicted octanol–water partition coefficient (Wildman–Crippen LogP) is 5.31. The minimum Gasteiger partial charge on any atom is -0.322 e. The number of nitrogens with one attached hydrogen (secondary N) is 2. The normalized spacial score (nSPS) is 10.5. The Morgan fingerprint density at radius 1 is 0.667 bits per heavy atom. The lowest BCUT2D eigenvalue weighted by Gasteiger charge is -2.10. The van der Waals surface area contributed by atoms with Gasteiger partial charge in [-0.25, -0.2) is 0 Å². The van der Waals surface area contributed by atoms with Crippen LogP contribution in [-0.2, 0) is 0 Å². The van der Waals surface area contributed by atoms with E-state index in [1.807, 2.05) is 42.5 Å². The predicted molar refractivity (Wildman–Crippen MR) is 109 cm³/mol. The quantitative estimate of drug-likeness (QED) is 0.649. The zero-order valence-electron chi connectivity index (χ0n) is 15.4. The van der Waals surface area contributed by atoms with Crippen molar-refractivity contribution >= 4 is 23.2 Å². The highest BCUT2D eigenvalue weighted by Gasteiger charge is 2.09. The Labute approximate surface area is 159 Å². The SMILES string of the molecule is CC(C)c1cccc(NC(=O)c2ccc(NC(=O)c3ccccc3)cc2)c1. The number of carbonyl (C=O) groups is 2. The van der Waals surface area contributed by atoms with Gasteiger partial charge in [0.05, 0.1) is 0 Å². The third kappa shape index (κ3) is 4.82. The van der Waals surface area contributed by atoms with E-state index in [4.69, 9.17) is 0 Å². The maximum absolute atomic E-state index is 12.5. The largest absolute Gasteiger partial charge is 0.322 e. The first-order chi connectivity index (χ1) is 13.0. The van der Waals surface area contributed by atoms with Crippen molar-refractivity contribution in [3.8, 4) is 0 Å². The van der Waals surface area contributed by atoms with Gasteiger partial charge in [-0.3, -0.25) is 9.59 Å². The summed E-state index contributed by atoms with van der Waals surface area (Å²) in [4.78, 5) is 24.6. The minimum absolute atomic E-state index is 0.182. The molecule has 0 radical (unpaired) electrons. The summed E-state index contributed by atoms with van der Waals surface area (Å²) in [5.74, 6) is 0.0319. The van der Waals surface area contributed by atoms with E-state index in [1.54, 1.807) is 36.4 Å². The number of benzene rings is 3. The molecule has 27 heavy (non-hydrogen) atoms. The number of amides is 2. The van der Waals surface area contributed by atoms with Crippen molar-refractivity contribution in [1.29, 1.82) is 0 Å². The Hall–Kier alpha value is -3.40. The van der Waals surface area contributed by atoms with Gasteiger partial charge in [-0.05, 0) is 60.0 Å². The van der Waals surface area contributed by atoms with Crippen LogP contribution >= 0.6 is 0 Å². The van der Waals surface area contributed by atoms with Gasteiger partial charge in [0.15, 0.2) is 0 Å². The fraction of sp³-hybridized carbons (Fsp3) is 0.130. The van der Waals surface area contributed by atoms with Crippen LogP contribution in [0.15, 0.2) is 78.9 Å². The summed E-state index contributed by atoms with van der Waals surface area (Å²) in [6.45, 7) is 4.23. The summed E-state index contributed by atoms with van der Waals surface area (Å²) in [7, 11) is 0. The third-order valence-electron chi connectivity index (χ3n) is 4.25. The highest BCUT2D eigenvalue weighted by molar-refractivity contribution is 6.06. The summed E-state index contributed by atoms with van der Waals surface area (Å²) in [6.07, 6.45) is 0. The van der Waals surface area contributed by atoms with Crippen LogP contribution in [0.4, 0.5) is 11.4 Å². The molecule has 0 aliphatic heterocycles. The molecule has 0 saturated carbocycles. The van der Waals surface area contributed by atoms with Gasteiger partial charge in [0.2, 0.25) is 0 Å². The maximum atomic E-state index is 12.5. The number of hydrogen-bond donors (Lipinski definition) is 2. The molecule has 2 amide bonds. The summed E-state index contributed by atoms with van der Waals surface area (Å²) in [6, 6.07) is 23.7. The van der Waals surface area contributed by atoms with Crippen LogP contribution in [0.25, 0.3) is 0 Å². The van der Waals surface area contributed by atoms with Crippen LogP contribution in [0, 0.1) is 0 Å². The molecule has 3 aromatic carbocycles. The third-order valence-corrected chi connectivity index (χ3v) is 4.25. The van der Waals surface area contributed by atoms with E-state index in [9.17, 15) is 9.59 Å². The lowest BCUT2D eigenvalue weighted by molar-refractivity contribution is 0.102. The molecule has 4 heteroatoms. The monoisotopic (exact) mass is 358 g/mol. The molecule has 136 valence electrons. The molecule has 3 rings (SSSR count). The fourth-order valence-corrected chi connectivity index (χ4v) is 2.68. The Morgan fingerprint density at radius 2 is 1.26 bits per heavy atom. The summed E-state index contributed by atoms with van der Waals surface area (Å²) in [5, 5.41) is 5.74. The fourth-order valence-electron chi connectivity index (χ4n) is 2.68. The molecule has 0 unspecified atom stereocenters. The van der Waals surface area contributed by atoms with Crippen molar-refractivity contribution in [1.82, 2.24) is 0 Å². The average Bonchev–Trinajstić information content (AvgIpc) is 2.69. The van der Waals surface area contributed by atoms with Crippen LogP contribution in [0.3, 0.4) is 0 Å². The van der Waals surface area contributed by atoms with Crippen LogP contribution in [0.2, 0.25) is 0 Å². The second-order valence-corrected chi connectivity index (χ2v) is 6.63. The first-order valence-electron chi connectivity index (χ1n) is 8.91. The van der Waals surface area contributed by atoms with E-state index < -0.39 is 0 Å². The highest BCUT2D eigenvalue weighted by Crippen LogP contribution is 2.19. The lowest BCUT2D eigenvalue weighted by Crippen LogP contribution is -2.13. The molecular weight excluding hydrogens is 336 g/mol. The molecule has 0 bridgehead atoms. The van der Waals surface area contributed by atoms with Crippen LogP contribution in [-0.4, -0.2) is 11.8 Å². The number of hydrogen-bond acceptors (Lipinski definition) is 2. The van der Waals surface area contributed by atoms with Gasteiger partial charge < -0.3 is 10.6 Å². The van der Waals surface area contributed by atoms with Crippen LogP contribution < -0.4 is 10.6 Å². The number of rotatable bonds is 5. The first-order valence-corrected chi connectivity index (χ1v) is 8.91. The van der Waals surface area contributed by atoms with Gasteiger partial charge in [-0.15, -0.1) is 0 Å². The van der Waals surface area contributed by atoms with E-state index in [1.165, 1.54) is 5.56 Å². The summed E-state index contributed by atoms with van der Waals surface area (Å²) >= 11 is 0. The van der Waals surface area contributed by atoms with E-state index >= 15 is 0 Å². The molecule has 0 heterocycles. The number of carbonyl (C=O) groups excluding carboxylic acids is 2. The van der Waals surface area contributed by atoms with Crippen molar-refractivity contribution in [3.05, 3.63) is 95.6 Å². The van der Waals surface area contributed by atoms with Crippen LogP contribution in [0.1, 0.15) is 46.0 Å². The molecule has 0 aromatic heterocycles. The zero-order valence-corrected chi connectivity index (χ0v) is 15.4. The summed E-state index contributed by atoms with van der Waals surface area (Å²) in [5.41, 5.74) is 3.70. The average molecular weight is 358 g/mol. The molecule has 3 aromatic rings. The van der Waals surface area contributed by atoms with Gasteiger partial charge in [-0.1, -0.05) is 44.2 Å². The molecular formula is C23H22N2O2. The van der Waals surface area contributed by atoms with Crippen molar-refractivity contribution in [2.75, 3.05) is 10.6 Å². The van der Waals surface area contributed by atoms with E-state index in [-0.39, 0.29) is 11.8 Å². The molecule has 4 nitrogen and oxygen atoms in total. The molecule has 0 atom stereocenters. The Kier molecular flexibility index (Phi) is 5.67. The number of anilines is 2. The van der Waals surface area contributed by atoms with Gasteiger partial charge in [0.1, 0.15) is 0 Å². The van der Waals surface area contributed by atoms with Crippen molar-refractivity contribution in [3.63, 3.8) is 0 Å². The van der Waals surface area contributed by atoms with Gasteiger partial charge in [0, 0.05) is 22.5 Å². The van der Waals surface area contributed by atoms with Gasteiger partial charge in [-0.2, -0.15) is 0 Å². The van der Waals surface area contributed by atoms with Crippen LogP contribution in [0.5, 0.6) is 0 Å². The smallest absolute Gasteiger partial charge is 0.255 e. The molecule has 0 spiro atoms.